The van der Waals surface area contributed by atoms with Gasteiger partial charge in [-0.3, -0.25) is 0 Å². The second kappa shape index (κ2) is 6.93. The predicted octanol–water partition coefficient (Wildman–Crippen LogP) is 3.73. The van der Waals surface area contributed by atoms with Crippen molar-refractivity contribution in [2.45, 2.75) is 6.54 Å². The minimum absolute atomic E-state index is 0.678. The first-order valence-electron chi connectivity index (χ1n) is 8.28. The molecule has 0 N–H and O–H groups in total. The molecule has 128 valence electrons. The molecule has 0 spiro atoms. The molecule has 0 bridgehead atoms. The van der Waals surface area contributed by atoms with Gasteiger partial charge in [0.15, 0.2) is 15.4 Å². The maximum absolute atomic E-state index is 5.50. The number of rotatable bonds is 4. The van der Waals surface area contributed by atoms with E-state index >= 15 is 0 Å². The summed E-state index contributed by atoms with van der Waals surface area (Å²) in [5, 5.41) is 0. The molecule has 5 nitrogen and oxygen atoms in total. The van der Waals surface area contributed by atoms with Crippen molar-refractivity contribution in [2.75, 3.05) is 36.0 Å². The summed E-state index contributed by atoms with van der Waals surface area (Å²) in [6.45, 7) is 8.32. The first-order chi connectivity index (χ1) is 12.3. The Morgan fingerprint density at radius 1 is 1.08 bits per heavy atom. The molecule has 0 amide bonds. The molecule has 0 unspecified atom stereocenters. The SMILES string of the molecule is C=CCn1c(=S)sc2c(N3CCN(c4ccccc4)CC3)ncnc21. The number of allylic oxidation sites excluding steroid dienone is 1. The highest BCUT2D eigenvalue weighted by Gasteiger charge is 2.21. The van der Waals surface area contributed by atoms with Gasteiger partial charge < -0.3 is 14.4 Å². The number of anilines is 2. The number of aromatic nitrogens is 3. The van der Waals surface area contributed by atoms with Crippen LogP contribution < -0.4 is 9.80 Å². The Hall–Kier alpha value is -2.25. The van der Waals surface area contributed by atoms with E-state index in [1.54, 1.807) is 17.7 Å². The van der Waals surface area contributed by atoms with E-state index in [-0.39, 0.29) is 0 Å². The summed E-state index contributed by atoms with van der Waals surface area (Å²) in [6.07, 6.45) is 3.49. The number of nitrogens with zero attached hydrogens (tertiary/aromatic N) is 5. The molecule has 4 rings (SSSR count). The van der Waals surface area contributed by atoms with Crippen LogP contribution in [0.5, 0.6) is 0 Å². The third kappa shape index (κ3) is 3.05. The molecule has 3 heterocycles. The third-order valence-corrected chi connectivity index (χ3v) is 5.88. The molecule has 2 aromatic heterocycles. The molecule has 1 fully saturated rings. The molecule has 0 atom stereocenters. The molecule has 3 aromatic rings. The molecule has 1 aromatic carbocycles. The second-order valence-electron chi connectivity index (χ2n) is 5.93. The summed E-state index contributed by atoms with van der Waals surface area (Å²) in [7, 11) is 0. The van der Waals surface area contributed by atoms with E-state index in [9.17, 15) is 0 Å². The average Bonchev–Trinajstić information content (AvgIpc) is 2.99. The number of piperazine rings is 1. The van der Waals surface area contributed by atoms with Crippen LogP contribution in [0.4, 0.5) is 11.5 Å². The number of benzene rings is 1. The lowest BCUT2D eigenvalue weighted by Crippen LogP contribution is -2.46. The van der Waals surface area contributed by atoms with Crippen LogP contribution in [0.2, 0.25) is 0 Å². The summed E-state index contributed by atoms with van der Waals surface area (Å²) in [6, 6.07) is 10.6. The molecule has 25 heavy (non-hydrogen) atoms. The Bertz CT molecular complexity index is 939. The van der Waals surface area contributed by atoms with Crippen LogP contribution >= 0.6 is 23.6 Å². The molecule has 0 radical (unpaired) electrons. The topological polar surface area (TPSA) is 37.2 Å². The first kappa shape index (κ1) is 16.2. The summed E-state index contributed by atoms with van der Waals surface area (Å²) < 4.78 is 3.91. The summed E-state index contributed by atoms with van der Waals surface area (Å²) >= 11 is 7.09. The van der Waals surface area contributed by atoms with Gasteiger partial charge in [0.1, 0.15) is 11.0 Å². The van der Waals surface area contributed by atoms with Crippen LogP contribution in [0.25, 0.3) is 10.3 Å². The number of hydrogen-bond acceptors (Lipinski definition) is 6. The fourth-order valence-electron chi connectivity index (χ4n) is 3.20. The average molecular weight is 370 g/mol. The maximum atomic E-state index is 5.50. The monoisotopic (exact) mass is 369 g/mol. The van der Waals surface area contributed by atoms with Crippen LogP contribution in [0.3, 0.4) is 0 Å². The van der Waals surface area contributed by atoms with Gasteiger partial charge in [0.25, 0.3) is 0 Å². The van der Waals surface area contributed by atoms with Crippen LogP contribution in [-0.2, 0) is 6.54 Å². The van der Waals surface area contributed by atoms with E-state index in [1.807, 2.05) is 10.6 Å². The van der Waals surface area contributed by atoms with E-state index in [4.69, 9.17) is 12.2 Å². The van der Waals surface area contributed by atoms with Gasteiger partial charge in [-0.1, -0.05) is 35.6 Å². The molecular weight excluding hydrogens is 350 g/mol. The normalized spacial score (nSPS) is 14.9. The molecule has 1 aliphatic heterocycles. The Morgan fingerprint density at radius 3 is 2.52 bits per heavy atom. The molecule has 1 aliphatic rings. The Morgan fingerprint density at radius 2 is 1.80 bits per heavy atom. The minimum atomic E-state index is 0.678. The standard InChI is InChI=1S/C18H19N5S2/c1-2-8-23-17-15(25-18(23)24)16(19-13-20-17)22-11-9-21(10-12-22)14-6-4-3-5-7-14/h2-7,13H,1,8-12H2. The van der Waals surface area contributed by atoms with Crippen molar-refractivity contribution in [2.24, 2.45) is 0 Å². The van der Waals surface area contributed by atoms with Crippen molar-refractivity contribution in [1.29, 1.82) is 0 Å². The zero-order chi connectivity index (χ0) is 17.2. The Kier molecular flexibility index (Phi) is 4.50. The van der Waals surface area contributed by atoms with Crippen LogP contribution in [-0.4, -0.2) is 40.7 Å². The van der Waals surface area contributed by atoms with Crippen LogP contribution in [0.1, 0.15) is 0 Å². The molecule has 7 heteroatoms. The Labute approximate surface area is 155 Å². The van der Waals surface area contributed by atoms with Gasteiger partial charge in [0, 0.05) is 38.4 Å². The lowest BCUT2D eigenvalue weighted by Gasteiger charge is -2.36. The van der Waals surface area contributed by atoms with E-state index in [0.29, 0.717) is 6.54 Å². The molecule has 0 saturated carbocycles. The maximum Gasteiger partial charge on any atom is 0.163 e. The van der Waals surface area contributed by atoms with Crippen molar-refractivity contribution in [1.82, 2.24) is 14.5 Å². The van der Waals surface area contributed by atoms with Crippen molar-refractivity contribution >= 4 is 45.4 Å². The highest BCUT2D eigenvalue weighted by Crippen LogP contribution is 2.30. The molecular formula is C18H19N5S2. The van der Waals surface area contributed by atoms with Gasteiger partial charge in [-0.05, 0) is 24.4 Å². The number of para-hydroxylation sites is 1. The van der Waals surface area contributed by atoms with Gasteiger partial charge in [-0.25, -0.2) is 9.97 Å². The van der Waals surface area contributed by atoms with Gasteiger partial charge in [0.2, 0.25) is 0 Å². The van der Waals surface area contributed by atoms with Gasteiger partial charge >= 0.3 is 0 Å². The van der Waals surface area contributed by atoms with E-state index in [2.05, 4.69) is 56.7 Å². The molecule has 1 saturated heterocycles. The lowest BCUT2D eigenvalue weighted by atomic mass is 10.2. The zero-order valence-electron chi connectivity index (χ0n) is 13.8. The van der Waals surface area contributed by atoms with Crippen molar-refractivity contribution < 1.29 is 0 Å². The first-order valence-corrected chi connectivity index (χ1v) is 9.50. The lowest BCUT2D eigenvalue weighted by molar-refractivity contribution is 0.649. The summed E-state index contributed by atoms with van der Waals surface area (Å²) in [5.41, 5.74) is 2.19. The zero-order valence-corrected chi connectivity index (χ0v) is 15.5. The smallest absolute Gasteiger partial charge is 0.163 e. The largest absolute Gasteiger partial charge is 0.368 e. The number of thiazole rings is 1. The highest BCUT2D eigenvalue weighted by atomic mass is 32.1. The van der Waals surface area contributed by atoms with E-state index < -0.39 is 0 Å². The van der Waals surface area contributed by atoms with Crippen molar-refractivity contribution in [3.63, 3.8) is 0 Å². The van der Waals surface area contributed by atoms with Crippen molar-refractivity contribution in [3.05, 3.63) is 53.3 Å². The van der Waals surface area contributed by atoms with Crippen LogP contribution in [0, 0.1) is 3.95 Å². The summed E-state index contributed by atoms with van der Waals surface area (Å²) in [4.78, 5) is 13.8. The van der Waals surface area contributed by atoms with Gasteiger partial charge in [0.05, 0.1) is 0 Å². The minimum Gasteiger partial charge on any atom is -0.368 e. The van der Waals surface area contributed by atoms with E-state index in [1.165, 1.54) is 5.69 Å². The summed E-state index contributed by atoms with van der Waals surface area (Å²) in [5.74, 6) is 0.997. The third-order valence-electron chi connectivity index (χ3n) is 4.44. The fraction of sp³-hybridized carbons (Fsp3) is 0.278. The van der Waals surface area contributed by atoms with Crippen molar-refractivity contribution in [3.8, 4) is 0 Å². The van der Waals surface area contributed by atoms with Gasteiger partial charge in [-0.15, -0.1) is 6.58 Å². The van der Waals surface area contributed by atoms with Gasteiger partial charge in [-0.2, -0.15) is 0 Å². The number of fused-ring (bicyclic) bond motifs is 1. The predicted molar refractivity (Wildman–Crippen MR) is 107 cm³/mol. The fourth-order valence-corrected chi connectivity index (χ4v) is 4.58. The van der Waals surface area contributed by atoms with E-state index in [0.717, 1.165) is 46.3 Å². The highest BCUT2D eigenvalue weighted by molar-refractivity contribution is 7.73. The quantitative estimate of drug-likeness (QED) is 0.517. The number of hydrogen-bond donors (Lipinski definition) is 0. The van der Waals surface area contributed by atoms with Crippen LogP contribution in [0.15, 0.2) is 49.3 Å². The Balaban J connectivity index is 1.60. The second-order valence-corrected chi connectivity index (χ2v) is 7.57. The molecule has 0 aliphatic carbocycles.